The molecule has 0 aliphatic carbocycles. The Hall–Kier alpha value is -2.84. The highest BCUT2D eigenvalue weighted by molar-refractivity contribution is 5.96. The molecule has 1 N–H and O–H groups in total. The first-order chi connectivity index (χ1) is 12.7. The maximum Gasteiger partial charge on any atom is 0.273 e. The highest BCUT2D eigenvalue weighted by atomic mass is 19.3. The summed E-state index contributed by atoms with van der Waals surface area (Å²) in [6.45, 7) is 3.09. The molecular weight excluding hydrogens is 356 g/mol. The van der Waals surface area contributed by atoms with Crippen molar-refractivity contribution < 1.29 is 18.4 Å². The average Bonchev–Trinajstić information content (AvgIpc) is 3.18. The number of amides is 2. The summed E-state index contributed by atoms with van der Waals surface area (Å²) >= 11 is 0. The standard InChI is InChI=1S/C18H21F2N5O2/c1-11-4-5-14(12(2)6-11)17(27)25-10-18(19,20)7-13(25)8-24-9-15(22-23-24)16(26)21-3/h4-6,9,13H,7-8,10H2,1-3H3,(H,21,26)/t13-/m0/s1. The normalized spacial score (nSPS) is 18.6. The number of aromatic nitrogens is 3. The largest absolute Gasteiger partial charge is 0.354 e. The summed E-state index contributed by atoms with van der Waals surface area (Å²) < 4.78 is 29.5. The predicted molar refractivity (Wildman–Crippen MR) is 93.7 cm³/mol. The van der Waals surface area contributed by atoms with Crippen molar-refractivity contribution >= 4 is 11.8 Å². The van der Waals surface area contributed by atoms with Gasteiger partial charge in [0.25, 0.3) is 17.7 Å². The van der Waals surface area contributed by atoms with Gasteiger partial charge in [-0.3, -0.25) is 9.59 Å². The first-order valence-corrected chi connectivity index (χ1v) is 8.58. The Labute approximate surface area is 155 Å². The van der Waals surface area contributed by atoms with Crippen LogP contribution in [-0.2, 0) is 6.54 Å². The number of alkyl halides is 2. The van der Waals surface area contributed by atoms with Crippen molar-refractivity contribution in [3.05, 3.63) is 46.8 Å². The molecular formula is C18H21F2N5O2. The van der Waals surface area contributed by atoms with Gasteiger partial charge >= 0.3 is 0 Å². The molecule has 1 saturated heterocycles. The molecule has 1 aliphatic heterocycles. The summed E-state index contributed by atoms with van der Waals surface area (Å²) in [6, 6.07) is 4.56. The van der Waals surface area contributed by atoms with Gasteiger partial charge in [-0.2, -0.15) is 0 Å². The molecule has 2 aromatic rings. The van der Waals surface area contributed by atoms with E-state index in [0.29, 0.717) is 5.56 Å². The number of halogens is 2. The van der Waals surface area contributed by atoms with Crippen molar-refractivity contribution in [1.29, 1.82) is 0 Å². The molecule has 0 saturated carbocycles. The van der Waals surface area contributed by atoms with E-state index in [1.807, 2.05) is 13.0 Å². The lowest BCUT2D eigenvalue weighted by atomic mass is 10.0. The fraction of sp³-hybridized carbons (Fsp3) is 0.444. The smallest absolute Gasteiger partial charge is 0.273 e. The van der Waals surface area contributed by atoms with E-state index in [-0.39, 0.29) is 12.2 Å². The van der Waals surface area contributed by atoms with Crippen LogP contribution in [0.1, 0.15) is 38.4 Å². The zero-order valence-corrected chi connectivity index (χ0v) is 15.4. The molecule has 27 heavy (non-hydrogen) atoms. The van der Waals surface area contributed by atoms with Crippen LogP contribution in [0.2, 0.25) is 0 Å². The first-order valence-electron chi connectivity index (χ1n) is 8.58. The molecule has 1 aromatic carbocycles. The van der Waals surface area contributed by atoms with Crippen LogP contribution in [0.5, 0.6) is 0 Å². The van der Waals surface area contributed by atoms with Crippen molar-refractivity contribution in [3.63, 3.8) is 0 Å². The van der Waals surface area contributed by atoms with Crippen molar-refractivity contribution in [3.8, 4) is 0 Å². The van der Waals surface area contributed by atoms with Crippen LogP contribution in [-0.4, -0.2) is 57.3 Å². The van der Waals surface area contributed by atoms with Crippen LogP contribution in [0.4, 0.5) is 8.78 Å². The third-order valence-electron chi connectivity index (χ3n) is 4.65. The Kier molecular flexibility index (Phi) is 4.95. The molecule has 0 spiro atoms. The van der Waals surface area contributed by atoms with E-state index in [1.165, 1.54) is 22.8 Å². The summed E-state index contributed by atoms with van der Waals surface area (Å²) in [5, 5.41) is 9.96. The topological polar surface area (TPSA) is 80.1 Å². The van der Waals surface area contributed by atoms with Crippen LogP contribution in [0.25, 0.3) is 0 Å². The number of nitrogens with one attached hydrogen (secondary N) is 1. The van der Waals surface area contributed by atoms with E-state index in [9.17, 15) is 18.4 Å². The van der Waals surface area contributed by atoms with Crippen LogP contribution >= 0.6 is 0 Å². The van der Waals surface area contributed by atoms with Gasteiger partial charge in [0.15, 0.2) is 5.69 Å². The average molecular weight is 377 g/mol. The maximum absolute atomic E-state index is 14.1. The fourth-order valence-corrected chi connectivity index (χ4v) is 3.34. The number of carbonyl (C=O) groups excluding carboxylic acids is 2. The highest BCUT2D eigenvalue weighted by Gasteiger charge is 2.47. The zero-order chi connectivity index (χ0) is 19.8. The van der Waals surface area contributed by atoms with Crippen molar-refractivity contribution in [2.75, 3.05) is 13.6 Å². The van der Waals surface area contributed by atoms with Crippen LogP contribution in [0.3, 0.4) is 0 Å². The van der Waals surface area contributed by atoms with Crippen LogP contribution in [0, 0.1) is 13.8 Å². The van der Waals surface area contributed by atoms with E-state index in [4.69, 9.17) is 0 Å². The Morgan fingerprint density at radius 2 is 2.07 bits per heavy atom. The second-order valence-corrected chi connectivity index (χ2v) is 6.87. The van der Waals surface area contributed by atoms with E-state index < -0.39 is 36.7 Å². The first kappa shape index (κ1) is 18.9. The summed E-state index contributed by atoms with van der Waals surface area (Å²) in [5.74, 6) is -3.81. The third-order valence-corrected chi connectivity index (χ3v) is 4.65. The number of hydrogen-bond acceptors (Lipinski definition) is 4. The Morgan fingerprint density at radius 3 is 2.74 bits per heavy atom. The Balaban J connectivity index is 1.83. The summed E-state index contributed by atoms with van der Waals surface area (Å²) in [4.78, 5) is 25.7. The number of aryl methyl sites for hydroxylation is 2. The molecule has 0 bridgehead atoms. The second-order valence-electron chi connectivity index (χ2n) is 6.87. The molecule has 0 unspecified atom stereocenters. The molecule has 1 atom stereocenters. The molecule has 1 aromatic heterocycles. The van der Waals surface area contributed by atoms with Crippen molar-refractivity contribution in [2.24, 2.45) is 0 Å². The van der Waals surface area contributed by atoms with E-state index in [1.54, 1.807) is 19.1 Å². The SMILES string of the molecule is CNC(=O)c1cn(C[C@@H]2CC(F)(F)CN2C(=O)c2ccc(C)cc2C)nn1. The quantitative estimate of drug-likeness (QED) is 0.881. The summed E-state index contributed by atoms with van der Waals surface area (Å²) in [7, 11) is 1.46. The number of hydrogen-bond donors (Lipinski definition) is 1. The minimum Gasteiger partial charge on any atom is -0.354 e. The van der Waals surface area contributed by atoms with Crippen LogP contribution in [0.15, 0.2) is 24.4 Å². The number of nitrogens with zero attached hydrogens (tertiary/aromatic N) is 4. The van der Waals surface area contributed by atoms with Gasteiger partial charge in [-0.05, 0) is 25.5 Å². The molecule has 1 fully saturated rings. The van der Waals surface area contributed by atoms with Gasteiger partial charge < -0.3 is 10.2 Å². The van der Waals surface area contributed by atoms with E-state index in [0.717, 1.165) is 11.1 Å². The Morgan fingerprint density at radius 1 is 1.33 bits per heavy atom. The lowest BCUT2D eigenvalue weighted by molar-refractivity contribution is 0.0117. The monoisotopic (exact) mass is 377 g/mol. The zero-order valence-electron chi connectivity index (χ0n) is 15.4. The van der Waals surface area contributed by atoms with Gasteiger partial charge in [0.05, 0.1) is 25.3 Å². The van der Waals surface area contributed by atoms with Gasteiger partial charge in [0, 0.05) is 19.0 Å². The number of rotatable bonds is 4. The van der Waals surface area contributed by atoms with Gasteiger partial charge in [-0.15, -0.1) is 5.10 Å². The molecule has 9 heteroatoms. The van der Waals surface area contributed by atoms with Crippen LogP contribution < -0.4 is 5.32 Å². The third kappa shape index (κ3) is 3.96. The maximum atomic E-state index is 14.1. The highest BCUT2D eigenvalue weighted by Crippen LogP contribution is 2.34. The summed E-state index contributed by atoms with van der Waals surface area (Å²) in [6.07, 6.45) is 0.925. The minimum atomic E-state index is -2.97. The second kappa shape index (κ2) is 7.05. The minimum absolute atomic E-state index is 0.0379. The lowest BCUT2D eigenvalue weighted by Crippen LogP contribution is -2.39. The van der Waals surface area contributed by atoms with E-state index >= 15 is 0 Å². The van der Waals surface area contributed by atoms with Gasteiger partial charge in [0.1, 0.15) is 0 Å². The van der Waals surface area contributed by atoms with Gasteiger partial charge in [-0.25, -0.2) is 13.5 Å². The summed E-state index contributed by atoms with van der Waals surface area (Å²) in [5.41, 5.74) is 2.25. The van der Waals surface area contributed by atoms with E-state index in [2.05, 4.69) is 15.6 Å². The molecule has 3 rings (SSSR count). The Bertz CT molecular complexity index is 880. The predicted octanol–water partition coefficient (Wildman–Crippen LogP) is 1.80. The fourth-order valence-electron chi connectivity index (χ4n) is 3.34. The van der Waals surface area contributed by atoms with Crippen molar-refractivity contribution in [2.45, 2.75) is 38.8 Å². The molecule has 7 nitrogen and oxygen atoms in total. The molecule has 1 aliphatic rings. The van der Waals surface area contributed by atoms with Gasteiger partial charge in [-0.1, -0.05) is 22.9 Å². The van der Waals surface area contributed by atoms with Gasteiger partial charge in [0.2, 0.25) is 0 Å². The molecule has 0 radical (unpaired) electrons. The molecule has 2 amide bonds. The number of likely N-dealkylation sites (tertiary alicyclic amines) is 1. The molecule has 144 valence electrons. The van der Waals surface area contributed by atoms with Crippen molar-refractivity contribution in [1.82, 2.24) is 25.2 Å². The lowest BCUT2D eigenvalue weighted by Gasteiger charge is -2.24. The molecule has 2 heterocycles. The number of benzene rings is 1. The number of carbonyl (C=O) groups is 2.